The number of hydrogen-bond donors (Lipinski definition) is 3. The van der Waals surface area contributed by atoms with E-state index in [1.54, 1.807) is 13.2 Å². The summed E-state index contributed by atoms with van der Waals surface area (Å²) in [7, 11) is 1.56. The first-order chi connectivity index (χ1) is 12.6. The molecule has 1 saturated heterocycles. The van der Waals surface area contributed by atoms with Gasteiger partial charge in [0.1, 0.15) is 0 Å². The van der Waals surface area contributed by atoms with Crippen molar-refractivity contribution in [3.05, 3.63) is 29.8 Å². The minimum atomic E-state index is -0.356. The predicted molar refractivity (Wildman–Crippen MR) is 104 cm³/mol. The molecule has 0 spiro atoms. The molecule has 8 heteroatoms. The molecule has 0 aromatic heterocycles. The standard InChI is InChI=1S/C18H25N3O4S/c1-3-5-13-7-8-15(16(10-13)23-2)25-12-17(22)20-21-18(26)19-11-14-6-4-9-24-14/h3,5,7-8,10,14H,4,6,9,11-12H2,1-2H3,(H,20,22)(H2,19,21,26)/b5-3+. The van der Waals surface area contributed by atoms with Crippen LogP contribution in [-0.4, -0.2) is 44.0 Å². The van der Waals surface area contributed by atoms with Crippen LogP contribution in [0, 0.1) is 0 Å². The maximum Gasteiger partial charge on any atom is 0.276 e. The van der Waals surface area contributed by atoms with E-state index in [2.05, 4.69) is 16.2 Å². The Bertz CT molecular complexity index is 645. The molecule has 1 aromatic rings. The lowest BCUT2D eigenvalue weighted by Crippen LogP contribution is -2.49. The van der Waals surface area contributed by atoms with E-state index < -0.39 is 0 Å². The molecule has 3 N–H and O–H groups in total. The summed E-state index contributed by atoms with van der Waals surface area (Å²) in [4.78, 5) is 11.9. The third-order valence-electron chi connectivity index (χ3n) is 3.74. The number of benzene rings is 1. The van der Waals surface area contributed by atoms with Gasteiger partial charge in [-0.15, -0.1) is 0 Å². The van der Waals surface area contributed by atoms with Crippen molar-refractivity contribution < 1.29 is 19.0 Å². The van der Waals surface area contributed by atoms with Crippen molar-refractivity contribution in [3.63, 3.8) is 0 Å². The molecular formula is C18H25N3O4S. The average Bonchev–Trinajstić information content (AvgIpc) is 3.17. The molecule has 1 atom stereocenters. The van der Waals surface area contributed by atoms with Gasteiger partial charge < -0.3 is 19.5 Å². The maximum atomic E-state index is 11.9. The Morgan fingerprint density at radius 2 is 2.23 bits per heavy atom. The van der Waals surface area contributed by atoms with Crippen molar-refractivity contribution in [1.29, 1.82) is 0 Å². The summed E-state index contributed by atoms with van der Waals surface area (Å²) < 4.78 is 16.3. The Morgan fingerprint density at radius 3 is 2.92 bits per heavy atom. The van der Waals surface area contributed by atoms with E-state index in [-0.39, 0.29) is 18.6 Å². The van der Waals surface area contributed by atoms with Crippen LogP contribution in [0.1, 0.15) is 25.3 Å². The molecule has 0 radical (unpaired) electrons. The number of thiocarbonyl (C=S) groups is 1. The van der Waals surface area contributed by atoms with Crippen molar-refractivity contribution in [2.75, 3.05) is 26.9 Å². The number of rotatable bonds is 7. The van der Waals surface area contributed by atoms with Gasteiger partial charge in [0.05, 0.1) is 13.2 Å². The van der Waals surface area contributed by atoms with Crippen LogP contribution in [0.2, 0.25) is 0 Å². The molecule has 1 aromatic carbocycles. The van der Waals surface area contributed by atoms with Crippen LogP contribution in [0.4, 0.5) is 0 Å². The largest absolute Gasteiger partial charge is 0.493 e. The Balaban J connectivity index is 1.71. The molecule has 0 aliphatic carbocycles. The Kier molecular flexibility index (Phi) is 8.17. The fraction of sp³-hybridized carbons (Fsp3) is 0.444. The van der Waals surface area contributed by atoms with Gasteiger partial charge in [0.25, 0.3) is 5.91 Å². The Hall–Kier alpha value is -2.32. The summed E-state index contributed by atoms with van der Waals surface area (Å²) in [6, 6.07) is 5.50. The molecule has 26 heavy (non-hydrogen) atoms. The lowest BCUT2D eigenvalue weighted by atomic mass is 10.2. The normalized spacial score (nSPS) is 16.3. The number of methoxy groups -OCH3 is 1. The highest BCUT2D eigenvalue weighted by atomic mass is 32.1. The third kappa shape index (κ3) is 6.53. The topological polar surface area (TPSA) is 80.9 Å². The molecule has 7 nitrogen and oxygen atoms in total. The van der Waals surface area contributed by atoms with Gasteiger partial charge in [0.2, 0.25) is 0 Å². The molecule has 2 rings (SSSR count). The SMILES string of the molecule is C/C=C/c1ccc(OCC(=O)NNC(=S)NCC2CCCO2)c(OC)c1. The molecule has 1 heterocycles. The van der Waals surface area contributed by atoms with Gasteiger partial charge in [-0.3, -0.25) is 15.6 Å². The number of carbonyl (C=O) groups excluding carboxylic acids is 1. The zero-order valence-corrected chi connectivity index (χ0v) is 15.9. The maximum absolute atomic E-state index is 11.9. The molecule has 142 valence electrons. The van der Waals surface area contributed by atoms with Crippen molar-refractivity contribution >= 4 is 29.3 Å². The van der Waals surface area contributed by atoms with Crippen molar-refractivity contribution in [2.24, 2.45) is 0 Å². The number of carbonyl (C=O) groups is 1. The number of nitrogens with one attached hydrogen (secondary N) is 3. The Morgan fingerprint density at radius 1 is 1.38 bits per heavy atom. The van der Waals surface area contributed by atoms with Gasteiger partial charge >= 0.3 is 0 Å². The first kappa shape index (κ1) is 20.0. The van der Waals surface area contributed by atoms with Gasteiger partial charge in [-0.25, -0.2) is 0 Å². The van der Waals surface area contributed by atoms with Crippen LogP contribution < -0.4 is 25.6 Å². The molecular weight excluding hydrogens is 354 g/mol. The summed E-state index contributed by atoms with van der Waals surface area (Å²) in [5.74, 6) is 0.705. The van der Waals surface area contributed by atoms with Gasteiger partial charge in [-0.05, 0) is 49.7 Å². The summed E-state index contributed by atoms with van der Waals surface area (Å²) in [6.45, 7) is 3.18. The third-order valence-corrected chi connectivity index (χ3v) is 3.98. The second kappa shape index (κ2) is 10.6. The molecule has 1 fully saturated rings. The highest BCUT2D eigenvalue weighted by molar-refractivity contribution is 7.80. The molecule has 0 bridgehead atoms. The zero-order valence-electron chi connectivity index (χ0n) is 15.0. The van der Waals surface area contributed by atoms with Crippen LogP contribution in [0.15, 0.2) is 24.3 Å². The summed E-state index contributed by atoms with van der Waals surface area (Å²) in [5.41, 5.74) is 6.12. The quantitative estimate of drug-likeness (QED) is 0.492. The van der Waals surface area contributed by atoms with Crippen LogP contribution in [0.5, 0.6) is 11.5 Å². The molecule has 0 saturated carbocycles. The molecule has 1 aliphatic rings. The summed E-state index contributed by atoms with van der Waals surface area (Å²) in [6.07, 6.45) is 6.15. The first-order valence-electron chi connectivity index (χ1n) is 8.50. The highest BCUT2D eigenvalue weighted by Crippen LogP contribution is 2.28. The fourth-order valence-electron chi connectivity index (χ4n) is 2.46. The minimum absolute atomic E-state index is 0.166. The number of allylic oxidation sites excluding steroid dienone is 1. The zero-order chi connectivity index (χ0) is 18.8. The van der Waals surface area contributed by atoms with Gasteiger partial charge in [0.15, 0.2) is 23.2 Å². The van der Waals surface area contributed by atoms with E-state index in [1.807, 2.05) is 31.2 Å². The molecule has 1 amide bonds. The first-order valence-corrected chi connectivity index (χ1v) is 8.91. The van der Waals surface area contributed by atoms with Crippen LogP contribution in [0.25, 0.3) is 6.08 Å². The molecule has 1 aliphatic heterocycles. The molecule has 1 unspecified atom stereocenters. The van der Waals surface area contributed by atoms with Gasteiger partial charge in [0, 0.05) is 13.2 Å². The predicted octanol–water partition coefficient (Wildman–Crippen LogP) is 1.78. The van der Waals surface area contributed by atoms with Crippen LogP contribution in [0.3, 0.4) is 0 Å². The number of ether oxygens (including phenoxy) is 3. The van der Waals surface area contributed by atoms with Crippen LogP contribution >= 0.6 is 12.2 Å². The van der Waals surface area contributed by atoms with Gasteiger partial charge in [-0.2, -0.15) is 0 Å². The van der Waals surface area contributed by atoms with E-state index in [0.717, 1.165) is 25.0 Å². The minimum Gasteiger partial charge on any atom is -0.493 e. The second-order valence-electron chi connectivity index (χ2n) is 5.72. The number of hydrazine groups is 1. The smallest absolute Gasteiger partial charge is 0.276 e. The number of hydrogen-bond acceptors (Lipinski definition) is 5. The van der Waals surface area contributed by atoms with E-state index in [4.69, 9.17) is 26.4 Å². The van der Waals surface area contributed by atoms with E-state index in [9.17, 15) is 4.79 Å². The van der Waals surface area contributed by atoms with Crippen molar-refractivity contribution in [2.45, 2.75) is 25.9 Å². The van der Waals surface area contributed by atoms with Crippen LogP contribution in [-0.2, 0) is 9.53 Å². The van der Waals surface area contributed by atoms with Crippen molar-refractivity contribution in [1.82, 2.24) is 16.2 Å². The second-order valence-corrected chi connectivity index (χ2v) is 6.13. The van der Waals surface area contributed by atoms with E-state index >= 15 is 0 Å². The van der Waals surface area contributed by atoms with Gasteiger partial charge in [-0.1, -0.05) is 18.2 Å². The highest BCUT2D eigenvalue weighted by Gasteiger charge is 2.15. The van der Waals surface area contributed by atoms with E-state index in [0.29, 0.717) is 23.2 Å². The fourth-order valence-corrected chi connectivity index (χ4v) is 2.60. The average molecular weight is 379 g/mol. The summed E-state index contributed by atoms with van der Waals surface area (Å²) >= 11 is 5.10. The lowest BCUT2D eigenvalue weighted by molar-refractivity contribution is -0.123. The monoisotopic (exact) mass is 379 g/mol. The lowest BCUT2D eigenvalue weighted by Gasteiger charge is -2.15. The van der Waals surface area contributed by atoms with E-state index in [1.165, 1.54) is 0 Å². The van der Waals surface area contributed by atoms with Crippen molar-refractivity contribution in [3.8, 4) is 11.5 Å². The Labute approximate surface area is 159 Å². The number of amides is 1. The summed E-state index contributed by atoms with van der Waals surface area (Å²) in [5, 5.41) is 3.34.